The average molecular weight is 496 g/mol. The smallest absolute Gasteiger partial charge is 0.289 e. The Morgan fingerprint density at radius 2 is 1.88 bits per heavy atom. The quantitative estimate of drug-likeness (QED) is 0.200. The third-order valence-electron chi connectivity index (χ3n) is 4.84. The van der Waals surface area contributed by atoms with Crippen molar-refractivity contribution in [1.82, 2.24) is 14.8 Å². The van der Waals surface area contributed by atoms with Crippen molar-refractivity contribution in [1.29, 1.82) is 0 Å². The molecule has 0 saturated heterocycles. The first-order valence-corrected chi connectivity index (χ1v) is 11.2. The molecule has 0 aliphatic rings. The van der Waals surface area contributed by atoms with Crippen molar-refractivity contribution < 1.29 is 14.5 Å². The summed E-state index contributed by atoms with van der Waals surface area (Å²) >= 11 is 7.09. The number of aromatic nitrogens is 3. The van der Waals surface area contributed by atoms with Gasteiger partial charge < -0.3 is 10.1 Å². The minimum Gasteiger partial charge on any atom is -0.495 e. The summed E-state index contributed by atoms with van der Waals surface area (Å²) in [4.78, 5) is 24.0. The monoisotopic (exact) mass is 495 g/mol. The van der Waals surface area contributed by atoms with E-state index in [1.165, 1.54) is 30.0 Å². The number of nitro groups is 1. The van der Waals surface area contributed by atoms with Gasteiger partial charge >= 0.3 is 0 Å². The van der Waals surface area contributed by atoms with Gasteiger partial charge in [0.25, 0.3) is 5.69 Å². The molecule has 11 heteroatoms. The second-order valence-electron chi connectivity index (χ2n) is 6.98. The number of carbonyl (C=O) groups excluding carboxylic acids is 1. The van der Waals surface area contributed by atoms with Crippen LogP contribution in [0.5, 0.6) is 5.75 Å². The summed E-state index contributed by atoms with van der Waals surface area (Å²) in [7, 11) is 1.57. The standard InChI is InChI=1S/C23H18ClN5O4S/c1-33-20-10-6-5-9-18(20)28-14-25-27-23(28)34-21(15-7-3-2-4-8-15)22(30)26-16-11-12-17(24)19(13-16)29(31)32/h2-14,21H,1H3,(H,26,30). The molecule has 172 valence electrons. The lowest BCUT2D eigenvalue weighted by Crippen LogP contribution is -2.19. The molecule has 0 bridgehead atoms. The van der Waals surface area contributed by atoms with Crippen molar-refractivity contribution in [3.8, 4) is 11.4 Å². The fraction of sp³-hybridized carbons (Fsp3) is 0.0870. The van der Waals surface area contributed by atoms with Crippen LogP contribution in [0.1, 0.15) is 10.8 Å². The number of hydrogen-bond acceptors (Lipinski definition) is 7. The molecular formula is C23H18ClN5O4S. The number of nitro benzene ring substituents is 1. The fourth-order valence-electron chi connectivity index (χ4n) is 3.24. The Bertz CT molecular complexity index is 1330. The van der Waals surface area contributed by atoms with Gasteiger partial charge in [0.2, 0.25) is 5.91 Å². The fourth-order valence-corrected chi connectivity index (χ4v) is 4.45. The van der Waals surface area contributed by atoms with E-state index in [0.717, 1.165) is 11.3 Å². The molecule has 0 saturated carbocycles. The molecular weight excluding hydrogens is 478 g/mol. The third kappa shape index (κ3) is 5.03. The van der Waals surface area contributed by atoms with Crippen LogP contribution in [0.25, 0.3) is 5.69 Å². The zero-order chi connectivity index (χ0) is 24.1. The van der Waals surface area contributed by atoms with Crippen molar-refractivity contribution in [2.45, 2.75) is 10.4 Å². The van der Waals surface area contributed by atoms with Crippen molar-refractivity contribution in [3.63, 3.8) is 0 Å². The highest BCUT2D eigenvalue weighted by atomic mass is 35.5. The number of rotatable bonds is 8. The predicted molar refractivity (Wildman–Crippen MR) is 130 cm³/mol. The van der Waals surface area contributed by atoms with Crippen LogP contribution < -0.4 is 10.1 Å². The van der Waals surface area contributed by atoms with Gasteiger partial charge in [-0.05, 0) is 29.8 Å². The summed E-state index contributed by atoms with van der Waals surface area (Å²) in [6.45, 7) is 0. The van der Waals surface area contributed by atoms with Crippen molar-refractivity contribution in [2.75, 3.05) is 12.4 Å². The number of thioether (sulfide) groups is 1. The number of nitrogens with zero attached hydrogens (tertiary/aromatic N) is 4. The summed E-state index contributed by atoms with van der Waals surface area (Å²) in [5.41, 5.74) is 1.41. The second-order valence-corrected chi connectivity index (χ2v) is 8.46. The first-order chi connectivity index (χ1) is 16.5. The highest BCUT2D eigenvalue weighted by molar-refractivity contribution is 8.00. The minimum absolute atomic E-state index is 0.0121. The van der Waals surface area contributed by atoms with Crippen LogP contribution in [0, 0.1) is 10.1 Å². The van der Waals surface area contributed by atoms with E-state index in [1.54, 1.807) is 18.0 Å². The molecule has 0 fully saturated rings. The van der Waals surface area contributed by atoms with Crippen molar-refractivity contribution in [3.05, 3.63) is 99.8 Å². The Labute approximate surface area is 203 Å². The lowest BCUT2D eigenvalue weighted by Gasteiger charge is -2.17. The lowest BCUT2D eigenvalue weighted by molar-refractivity contribution is -0.384. The van der Waals surface area contributed by atoms with E-state index >= 15 is 0 Å². The van der Waals surface area contributed by atoms with Gasteiger partial charge in [-0.2, -0.15) is 0 Å². The maximum Gasteiger partial charge on any atom is 0.289 e. The van der Waals surface area contributed by atoms with Crippen LogP contribution in [0.3, 0.4) is 0 Å². The maximum atomic E-state index is 13.4. The van der Waals surface area contributed by atoms with E-state index < -0.39 is 10.2 Å². The predicted octanol–water partition coefficient (Wildman–Crippen LogP) is 5.31. The van der Waals surface area contributed by atoms with E-state index in [0.29, 0.717) is 10.9 Å². The second kappa shape index (κ2) is 10.4. The zero-order valence-corrected chi connectivity index (χ0v) is 19.4. The Morgan fingerprint density at radius 1 is 1.15 bits per heavy atom. The highest BCUT2D eigenvalue weighted by Gasteiger charge is 2.26. The van der Waals surface area contributed by atoms with Gasteiger partial charge in [0, 0.05) is 11.8 Å². The number of methoxy groups -OCH3 is 1. The number of nitrogens with one attached hydrogen (secondary N) is 1. The Kier molecular flexibility index (Phi) is 7.09. The number of anilines is 1. The SMILES string of the molecule is COc1ccccc1-n1cnnc1SC(C(=O)Nc1ccc(Cl)c([N+](=O)[O-])c1)c1ccccc1. The van der Waals surface area contributed by atoms with Crippen molar-refractivity contribution in [2.24, 2.45) is 0 Å². The summed E-state index contributed by atoms with van der Waals surface area (Å²) in [6.07, 6.45) is 1.54. The largest absolute Gasteiger partial charge is 0.495 e. The van der Waals surface area contributed by atoms with Gasteiger partial charge in [0.15, 0.2) is 5.16 Å². The first-order valence-electron chi connectivity index (χ1n) is 9.97. The summed E-state index contributed by atoms with van der Waals surface area (Å²) in [5.74, 6) is 0.237. The van der Waals surface area contributed by atoms with Gasteiger partial charge in [0.1, 0.15) is 22.3 Å². The van der Waals surface area contributed by atoms with Gasteiger partial charge in [-0.3, -0.25) is 19.5 Å². The topological polar surface area (TPSA) is 112 Å². The zero-order valence-electron chi connectivity index (χ0n) is 17.8. The van der Waals surface area contributed by atoms with Gasteiger partial charge in [0.05, 0.1) is 17.7 Å². The molecule has 1 heterocycles. The molecule has 4 aromatic rings. The molecule has 1 aromatic heterocycles. The van der Waals surface area contributed by atoms with Crippen LogP contribution in [0.4, 0.5) is 11.4 Å². The van der Waals surface area contributed by atoms with Gasteiger partial charge in [-0.25, -0.2) is 0 Å². The molecule has 0 radical (unpaired) electrons. The Balaban J connectivity index is 1.67. The summed E-state index contributed by atoms with van der Waals surface area (Å²) in [5, 5.41) is 21.9. The van der Waals surface area contributed by atoms with Crippen LogP contribution in [-0.2, 0) is 4.79 Å². The Morgan fingerprint density at radius 3 is 2.62 bits per heavy atom. The molecule has 1 unspecified atom stereocenters. The molecule has 0 aliphatic carbocycles. The van der Waals surface area contributed by atoms with Crippen LogP contribution in [0.2, 0.25) is 5.02 Å². The average Bonchev–Trinajstić information content (AvgIpc) is 3.32. The molecule has 0 aliphatic heterocycles. The van der Waals surface area contributed by atoms with Gasteiger partial charge in [-0.15, -0.1) is 10.2 Å². The van der Waals surface area contributed by atoms with Crippen molar-refractivity contribution >= 4 is 40.6 Å². The summed E-state index contributed by atoms with van der Waals surface area (Å²) < 4.78 is 7.19. The molecule has 1 atom stereocenters. The molecule has 3 aromatic carbocycles. The Hall–Kier alpha value is -3.89. The van der Waals surface area contributed by atoms with Crippen LogP contribution >= 0.6 is 23.4 Å². The van der Waals surface area contributed by atoms with Gasteiger partial charge in [-0.1, -0.05) is 65.8 Å². The molecule has 1 amide bonds. The number of ether oxygens (including phenoxy) is 1. The molecule has 0 spiro atoms. The number of amides is 1. The van der Waals surface area contributed by atoms with E-state index in [2.05, 4.69) is 15.5 Å². The number of carbonyl (C=O) groups is 1. The number of hydrogen-bond donors (Lipinski definition) is 1. The minimum atomic E-state index is -0.728. The third-order valence-corrected chi connectivity index (χ3v) is 6.37. The maximum absolute atomic E-state index is 13.4. The number of para-hydroxylation sites is 2. The van der Waals surface area contributed by atoms with Crippen LogP contribution in [0.15, 0.2) is 84.3 Å². The molecule has 1 N–H and O–H groups in total. The molecule has 34 heavy (non-hydrogen) atoms. The normalized spacial score (nSPS) is 11.6. The lowest BCUT2D eigenvalue weighted by atomic mass is 10.1. The number of benzene rings is 3. The first kappa shape index (κ1) is 23.3. The number of halogens is 1. The van der Waals surface area contributed by atoms with E-state index in [1.807, 2.05) is 54.6 Å². The molecule has 4 rings (SSSR count). The molecule has 9 nitrogen and oxygen atoms in total. The van der Waals surface area contributed by atoms with E-state index in [4.69, 9.17) is 16.3 Å². The van der Waals surface area contributed by atoms with Crippen LogP contribution in [-0.4, -0.2) is 32.7 Å². The van der Waals surface area contributed by atoms with E-state index in [9.17, 15) is 14.9 Å². The van der Waals surface area contributed by atoms with E-state index in [-0.39, 0.29) is 22.3 Å². The highest BCUT2D eigenvalue weighted by Crippen LogP contribution is 2.37. The summed E-state index contributed by atoms with van der Waals surface area (Å²) in [6, 6.07) is 20.7.